The van der Waals surface area contributed by atoms with E-state index >= 15 is 0 Å². The highest BCUT2D eigenvalue weighted by Gasteiger charge is 2.21. The Bertz CT molecular complexity index is 1220. The van der Waals surface area contributed by atoms with Crippen molar-refractivity contribution in [3.8, 4) is 5.75 Å². The first-order valence-corrected chi connectivity index (χ1v) is 10.1. The Morgan fingerprint density at radius 2 is 1.77 bits per heavy atom. The first-order valence-electron chi connectivity index (χ1n) is 9.37. The third-order valence-corrected chi connectivity index (χ3v) is 5.34. The van der Waals surface area contributed by atoms with Crippen molar-refractivity contribution in [2.45, 2.75) is 27.7 Å². The van der Waals surface area contributed by atoms with Gasteiger partial charge in [0, 0.05) is 22.3 Å². The Morgan fingerprint density at radius 1 is 1.06 bits per heavy atom. The number of nitrogens with zero attached hydrogens (tertiary/aromatic N) is 1. The largest absolute Gasteiger partial charge is 0.478 e. The Morgan fingerprint density at radius 3 is 2.42 bits per heavy atom. The molecule has 0 amide bonds. The van der Waals surface area contributed by atoms with Gasteiger partial charge in [-0.15, -0.1) is 0 Å². The molecule has 162 valence electrons. The Kier molecular flexibility index (Phi) is 6.67. The predicted octanol–water partition coefficient (Wildman–Crippen LogP) is 4.80. The summed E-state index contributed by atoms with van der Waals surface area (Å²) in [7, 11) is 0. The first-order chi connectivity index (χ1) is 14.6. The van der Waals surface area contributed by atoms with E-state index in [2.05, 4.69) is 9.97 Å². The van der Waals surface area contributed by atoms with Crippen molar-refractivity contribution < 1.29 is 23.9 Å². The lowest BCUT2D eigenvalue weighted by Gasteiger charge is -2.12. The van der Waals surface area contributed by atoms with E-state index in [1.807, 2.05) is 0 Å². The number of aryl methyl sites for hydroxylation is 2. The number of rotatable bonds is 7. The number of esters is 1. The fraction of sp³-hybridized carbons (Fsp3) is 0.273. The van der Waals surface area contributed by atoms with Gasteiger partial charge in [0.15, 0.2) is 24.7 Å². The van der Waals surface area contributed by atoms with Crippen molar-refractivity contribution in [1.82, 2.24) is 9.97 Å². The number of hydrogen-bond donors (Lipinski definition) is 1. The summed E-state index contributed by atoms with van der Waals surface area (Å²) in [6, 6.07) is 5.10. The molecule has 9 heteroatoms. The number of aromatic amines is 1. The first kappa shape index (κ1) is 22.8. The maximum Gasteiger partial charge on any atom is 0.344 e. The number of pyridine rings is 1. The summed E-state index contributed by atoms with van der Waals surface area (Å²) < 4.78 is 10.6. The summed E-state index contributed by atoms with van der Waals surface area (Å²) in [5.74, 6) is -1.15. The van der Waals surface area contributed by atoms with Crippen molar-refractivity contribution in [3.05, 3.63) is 56.5 Å². The molecule has 3 rings (SSSR count). The van der Waals surface area contributed by atoms with E-state index in [1.165, 1.54) is 13.0 Å². The standard InChI is InChI=1S/C22H20Cl2N2O5/c1-10-5-6-14-15(23)7-16(24)22(21(14)25-10)31-9-18(29)30-8-17(28)20-11(2)19(13(4)27)12(3)26-20/h5-7,26H,8-9H2,1-4H3. The number of H-pyrrole nitrogens is 1. The molecular formula is C22H20Cl2N2O5. The van der Waals surface area contributed by atoms with Gasteiger partial charge >= 0.3 is 5.97 Å². The van der Waals surface area contributed by atoms with E-state index in [-0.39, 0.29) is 22.2 Å². The molecule has 0 aliphatic rings. The van der Waals surface area contributed by atoms with Gasteiger partial charge in [-0.3, -0.25) is 9.59 Å². The third-order valence-electron chi connectivity index (χ3n) is 4.74. The number of benzene rings is 1. The number of Topliss-reactive ketones (excluding diaryl/α,β-unsaturated/α-hetero) is 2. The summed E-state index contributed by atoms with van der Waals surface area (Å²) in [6.07, 6.45) is 0. The Balaban J connectivity index is 1.68. The lowest BCUT2D eigenvalue weighted by molar-refractivity contribution is -0.144. The van der Waals surface area contributed by atoms with Crippen LogP contribution >= 0.6 is 23.2 Å². The summed E-state index contributed by atoms with van der Waals surface area (Å²) in [5.41, 5.74) is 2.98. The highest BCUT2D eigenvalue weighted by molar-refractivity contribution is 6.39. The summed E-state index contributed by atoms with van der Waals surface area (Å²) in [6.45, 7) is 5.64. The number of ketones is 2. The van der Waals surface area contributed by atoms with Crippen LogP contribution in [0.4, 0.5) is 0 Å². The van der Waals surface area contributed by atoms with E-state index in [0.717, 1.165) is 5.69 Å². The molecule has 0 saturated heterocycles. The molecule has 0 bridgehead atoms. The molecular weight excluding hydrogens is 443 g/mol. The lowest BCUT2D eigenvalue weighted by Crippen LogP contribution is -2.20. The fourth-order valence-corrected chi connectivity index (χ4v) is 3.95. The normalized spacial score (nSPS) is 10.9. The van der Waals surface area contributed by atoms with Crippen molar-refractivity contribution in [2.24, 2.45) is 0 Å². The average molecular weight is 463 g/mol. The van der Waals surface area contributed by atoms with Crippen LogP contribution in [-0.4, -0.2) is 40.7 Å². The van der Waals surface area contributed by atoms with Gasteiger partial charge < -0.3 is 14.5 Å². The molecule has 31 heavy (non-hydrogen) atoms. The Labute approximate surface area is 188 Å². The zero-order valence-corrected chi connectivity index (χ0v) is 18.9. The maximum atomic E-state index is 12.4. The number of aromatic nitrogens is 2. The lowest BCUT2D eigenvalue weighted by atomic mass is 10.1. The van der Waals surface area contributed by atoms with Crippen LogP contribution in [0.25, 0.3) is 10.9 Å². The molecule has 2 heterocycles. The average Bonchev–Trinajstić information content (AvgIpc) is 2.99. The van der Waals surface area contributed by atoms with E-state index in [0.29, 0.717) is 32.7 Å². The molecule has 2 aromatic heterocycles. The van der Waals surface area contributed by atoms with Crippen molar-refractivity contribution in [3.63, 3.8) is 0 Å². The van der Waals surface area contributed by atoms with Gasteiger partial charge in [-0.1, -0.05) is 23.2 Å². The minimum atomic E-state index is -0.757. The van der Waals surface area contributed by atoms with Crippen LogP contribution < -0.4 is 4.74 Å². The molecule has 0 radical (unpaired) electrons. The number of carbonyl (C=O) groups excluding carboxylic acids is 3. The zero-order chi connectivity index (χ0) is 22.9. The van der Waals surface area contributed by atoms with E-state index in [4.69, 9.17) is 32.7 Å². The predicted molar refractivity (Wildman–Crippen MR) is 118 cm³/mol. The summed E-state index contributed by atoms with van der Waals surface area (Å²) in [5, 5.41) is 1.25. The van der Waals surface area contributed by atoms with Crippen LogP contribution in [0.15, 0.2) is 18.2 Å². The number of nitrogens with one attached hydrogen (secondary N) is 1. The third kappa shape index (κ3) is 4.73. The van der Waals surface area contributed by atoms with Crippen LogP contribution in [0, 0.1) is 20.8 Å². The molecule has 0 spiro atoms. The van der Waals surface area contributed by atoms with E-state index in [9.17, 15) is 14.4 Å². The summed E-state index contributed by atoms with van der Waals surface area (Å²) >= 11 is 12.4. The quantitative estimate of drug-likeness (QED) is 0.399. The van der Waals surface area contributed by atoms with Crippen molar-refractivity contribution in [1.29, 1.82) is 0 Å². The molecule has 0 atom stereocenters. The van der Waals surface area contributed by atoms with Crippen LogP contribution in [0.5, 0.6) is 5.75 Å². The molecule has 3 aromatic rings. The number of carbonyl (C=O) groups is 3. The highest BCUT2D eigenvalue weighted by atomic mass is 35.5. The van der Waals surface area contributed by atoms with Gasteiger partial charge in [0.1, 0.15) is 5.52 Å². The highest BCUT2D eigenvalue weighted by Crippen LogP contribution is 2.37. The number of fused-ring (bicyclic) bond motifs is 1. The molecule has 0 aliphatic heterocycles. The minimum Gasteiger partial charge on any atom is -0.478 e. The molecule has 0 fully saturated rings. The monoisotopic (exact) mass is 462 g/mol. The van der Waals surface area contributed by atoms with Crippen LogP contribution in [0.2, 0.25) is 10.0 Å². The second-order valence-corrected chi connectivity index (χ2v) is 7.89. The SMILES string of the molecule is CC(=O)c1c(C)[nH]c(C(=O)COC(=O)COc2c(Cl)cc(Cl)c3ccc(C)nc23)c1C. The smallest absolute Gasteiger partial charge is 0.344 e. The van der Waals surface area contributed by atoms with Crippen LogP contribution in [0.1, 0.15) is 44.7 Å². The van der Waals surface area contributed by atoms with Gasteiger partial charge in [0.05, 0.1) is 15.7 Å². The van der Waals surface area contributed by atoms with Gasteiger partial charge in [-0.05, 0) is 51.5 Å². The molecule has 0 saturated carbocycles. The topological polar surface area (TPSA) is 98.3 Å². The van der Waals surface area contributed by atoms with Gasteiger partial charge in [-0.25, -0.2) is 9.78 Å². The zero-order valence-electron chi connectivity index (χ0n) is 17.4. The summed E-state index contributed by atoms with van der Waals surface area (Å²) in [4.78, 5) is 43.6. The van der Waals surface area contributed by atoms with E-state index in [1.54, 1.807) is 32.9 Å². The minimum absolute atomic E-state index is 0.147. The number of halogens is 2. The van der Waals surface area contributed by atoms with E-state index < -0.39 is 25.0 Å². The second kappa shape index (κ2) is 9.08. The van der Waals surface area contributed by atoms with Crippen molar-refractivity contribution in [2.75, 3.05) is 13.2 Å². The number of ether oxygens (including phenoxy) is 2. The van der Waals surface area contributed by atoms with Crippen molar-refractivity contribution >= 4 is 51.6 Å². The molecule has 1 aromatic carbocycles. The van der Waals surface area contributed by atoms with Crippen LogP contribution in [0.3, 0.4) is 0 Å². The molecule has 1 N–H and O–H groups in total. The maximum absolute atomic E-state index is 12.4. The van der Waals surface area contributed by atoms with Gasteiger partial charge in [0.2, 0.25) is 5.78 Å². The second-order valence-electron chi connectivity index (χ2n) is 7.07. The molecule has 0 unspecified atom stereocenters. The molecule has 7 nitrogen and oxygen atoms in total. The number of hydrogen-bond acceptors (Lipinski definition) is 6. The van der Waals surface area contributed by atoms with Crippen LogP contribution in [-0.2, 0) is 9.53 Å². The van der Waals surface area contributed by atoms with Gasteiger partial charge in [0.25, 0.3) is 0 Å². The van der Waals surface area contributed by atoms with Gasteiger partial charge in [-0.2, -0.15) is 0 Å². The molecule has 0 aliphatic carbocycles. The fourth-order valence-electron chi connectivity index (χ4n) is 3.38. The Hall–Kier alpha value is -2.90.